The molecule has 0 aliphatic rings. The molecule has 0 heterocycles. The Morgan fingerprint density at radius 1 is 1.38 bits per heavy atom. The van der Waals surface area contributed by atoms with E-state index in [0.29, 0.717) is 0 Å². The van der Waals surface area contributed by atoms with Crippen LogP contribution in [0.25, 0.3) is 0 Å². The van der Waals surface area contributed by atoms with Gasteiger partial charge in [0.1, 0.15) is 0 Å². The molecule has 0 aromatic heterocycles. The molecule has 2 N–H and O–H groups in total. The number of nitrogens with two attached hydrogens (primary N) is 1. The van der Waals surface area contributed by atoms with E-state index in [2.05, 4.69) is 18.1 Å². The first-order valence-electron chi connectivity index (χ1n) is 4.53. The predicted molar refractivity (Wildman–Crippen MR) is 56.3 cm³/mol. The first kappa shape index (κ1) is 9.83. The second-order valence-corrected chi connectivity index (χ2v) is 3.36. The fourth-order valence-corrected chi connectivity index (χ4v) is 1.16. The normalized spacial score (nSPS) is 12.1. The third kappa shape index (κ3) is 3.31. The molecule has 0 radical (unpaired) electrons. The highest BCUT2D eigenvalue weighted by molar-refractivity contribution is 5.34. The highest BCUT2D eigenvalue weighted by atomic mass is 14.6. The maximum absolute atomic E-state index is 5.66. The van der Waals surface area contributed by atoms with E-state index in [1.165, 1.54) is 5.56 Å². The maximum Gasteiger partial charge on any atom is 0.0242 e. The van der Waals surface area contributed by atoms with E-state index in [1.807, 2.05) is 19.1 Å². The van der Waals surface area contributed by atoms with Crippen LogP contribution in [0.15, 0.2) is 24.3 Å². The van der Waals surface area contributed by atoms with Gasteiger partial charge in [-0.1, -0.05) is 18.1 Å². The third-order valence-corrected chi connectivity index (χ3v) is 2.01. The van der Waals surface area contributed by atoms with Gasteiger partial charge in [-0.3, -0.25) is 0 Å². The summed E-state index contributed by atoms with van der Waals surface area (Å²) >= 11 is 0. The summed E-state index contributed by atoms with van der Waals surface area (Å²) in [5.41, 5.74) is 7.90. The van der Waals surface area contributed by atoms with Crippen molar-refractivity contribution < 1.29 is 0 Å². The quantitative estimate of drug-likeness (QED) is 0.695. The average molecular weight is 173 g/mol. The number of hydrogen-bond acceptors (Lipinski definition) is 1. The zero-order valence-corrected chi connectivity index (χ0v) is 7.96. The molecule has 0 amide bonds. The predicted octanol–water partition coefficient (Wildman–Crippen LogP) is 1.95. The van der Waals surface area contributed by atoms with Crippen LogP contribution in [-0.4, -0.2) is 6.04 Å². The minimum Gasteiger partial charge on any atom is -0.328 e. The van der Waals surface area contributed by atoms with Gasteiger partial charge in [0.15, 0.2) is 0 Å². The van der Waals surface area contributed by atoms with Gasteiger partial charge in [-0.2, -0.15) is 0 Å². The van der Waals surface area contributed by atoms with Gasteiger partial charge in [-0.15, -0.1) is 6.42 Å². The minimum absolute atomic E-state index is 0.271. The molecular formula is C12H15N. The lowest BCUT2D eigenvalue weighted by molar-refractivity contribution is 0.666. The van der Waals surface area contributed by atoms with E-state index < -0.39 is 0 Å². The van der Waals surface area contributed by atoms with Gasteiger partial charge in [0.25, 0.3) is 0 Å². The summed E-state index contributed by atoms with van der Waals surface area (Å²) in [4.78, 5) is 0. The SMILES string of the molecule is C#Cc1ccc(CC[C@H](C)N)cc1. The van der Waals surface area contributed by atoms with Gasteiger partial charge in [-0.05, 0) is 37.5 Å². The summed E-state index contributed by atoms with van der Waals surface area (Å²) in [6.07, 6.45) is 7.31. The van der Waals surface area contributed by atoms with E-state index in [-0.39, 0.29) is 6.04 Å². The first-order chi connectivity index (χ1) is 6.22. The van der Waals surface area contributed by atoms with E-state index >= 15 is 0 Å². The number of aryl methyl sites for hydroxylation is 1. The zero-order chi connectivity index (χ0) is 9.68. The van der Waals surface area contributed by atoms with E-state index in [1.54, 1.807) is 0 Å². The van der Waals surface area contributed by atoms with Gasteiger partial charge < -0.3 is 5.73 Å². The van der Waals surface area contributed by atoms with Crippen molar-refractivity contribution in [2.75, 3.05) is 0 Å². The Hall–Kier alpha value is -1.26. The van der Waals surface area contributed by atoms with Crippen LogP contribution in [0.5, 0.6) is 0 Å². The van der Waals surface area contributed by atoms with Gasteiger partial charge in [0, 0.05) is 11.6 Å². The fourth-order valence-electron chi connectivity index (χ4n) is 1.16. The summed E-state index contributed by atoms with van der Waals surface area (Å²) in [5.74, 6) is 2.59. The Morgan fingerprint density at radius 2 is 2.00 bits per heavy atom. The Balaban J connectivity index is 2.55. The Morgan fingerprint density at radius 3 is 2.46 bits per heavy atom. The maximum atomic E-state index is 5.66. The molecule has 0 bridgehead atoms. The first-order valence-corrected chi connectivity index (χ1v) is 4.53. The van der Waals surface area contributed by atoms with Gasteiger partial charge >= 0.3 is 0 Å². The molecule has 13 heavy (non-hydrogen) atoms. The molecule has 0 unspecified atom stereocenters. The summed E-state index contributed by atoms with van der Waals surface area (Å²) in [5, 5.41) is 0. The van der Waals surface area contributed by atoms with Crippen LogP contribution in [0, 0.1) is 12.3 Å². The molecule has 0 saturated carbocycles. The molecule has 0 saturated heterocycles. The van der Waals surface area contributed by atoms with Crippen LogP contribution in [0.3, 0.4) is 0 Å². The van der Waals surface area contributed by atoms with E-state index in [9.17, 15) is 0 Å². The molecule has 0 spiro atoms. The summed E-state index contributed by atoms with van der Waals surface area (Å²) < 4.78 is 0. The highest BCUT2D eigenvalue weighted by Gasteiger charge is 1.96. The van der Waals surface area contributed by atoms with Crippen LogP contribution in [0.2, 0.25) is 0 Å². The number of hydrogen-bond donors (Lipinski definition) is 1. The smallest absolute Gasteiger partial charge is 0.0242 e. The van der Waals surface area contributed by atoms with E-state index in [0.717, 1.165) is 18.4 Å². The van der Waals surface area contributed by atoms with Crippen molar-refractivity contribution in [2.45, 2.75) is 25.8 Å². The third-order valence-electron chi connectivity index (χ3n) is 2.01. The molecule has 1 atom stereocenters. The fraction of sp³-hybridized carbons (Fsp3) is 0.333. The number of rotatable bonds is 3. The molecule has 68 valence electrons. The molecule has 1 heteroatoms. The van der Waals surface area contributed by atoms with Gasteiger partial charge in [0.2, 0.25) is 0 Å². The van der Waals surface area contributed by atoms with Crippen molar-refractivity contribution in [3.05, 3.63) is 35.4 Å². The molecule has 1 aromatic carbocycles. The van der Waals surface area contributed by atoms with Crippen LogP contribution in [0.4, 0.5) is 0 Å². The largest absolute Gasteiger partial charge is 0.328 e. The summed E-state index contributed by atoms with van der Waals surface area (Å²) in [7, 11) is 0. The van der Waals surface area contributed by atoms with E-state index in [4.69, 9.17) is 12.2 Å². The molecule has 0 fully saturated rings. The molecule has 1 rings (SSSR count). The van der Waals surface area contributed by atoms with Gasteiger partial charge in [0.05, 0.1) is 0 Å². The average Bonchev–Trinajstić information content (AvgIpc) is 2.15. The lowest BCUT2D eigenvalue weighted by atomic mass is 10.1. The van der Waals surface area contributed by atoms with Crippen LogP contribution in [0.1, 0.15) is 24.5 Å². The second kappa shape index (κ2) is 4.69. The Kier molecular flexibility index (Phi) is 3.54. The number of terminal acetylenes is 1. The topological polar surface area (TPSA) is 26.0 Å². The standard InChI is InChI=1S/C12H15N/c1-3-11-6-8-12(9-7-11)5-4-10(2)13/h1,6-10H,4-5,13H2,2H3/t10-/m0/s1. The van der Waals surface area contributed by atoms with Crippen molar-refractivity contribution >= 4 is 0 Å². The zero-order valence-electron chi connectivity index (χ0n) is 7.96. The molecule has 0 aliphatic heterocycles. The molecule has 0 aliphatic carbocycles. The summed E-state index contributed by atoms with van der Waals surface area (Å²) in [6, 6.07) is 8.34. The highest BCUT2D eigenvalue weighted by Crippen LogP contribution is 2.06. The lowest BCUT2D eigenvalue weighted by Crippen LogP contribution is -2.15. The summed E-state index contributed by atoms with van der Waals surface area (Å²) in [6.45, 7) is 2.02. The van der Waals surface area contributed by atoms with Crippen molar-refractivity contribution in [1.82, 2.24) is 0 Å². The van der Waals surface area contributed by atoms with Gasteiger partial charge in [-0.25, -0.2) is 0 Å². The Labute approximate surface area is 80.0 Å². The number of benzene rings is 1. The van der Waals surface area contributed by atoms with Crippen molar-refractivity contribution in [3.63, 3.8) is 0 Å². The molecule has 1 aromatic rings. The Bertz CT molecular complexity index is 290. The van der Waals surface area contributed by atoms with Crippen LogP contribution in [-0.2, 0) is 6.42 Å². The second-order valence-electron chi connectivity index (χ2n) is 3.36. The minimum atomic E-state index is 0.271. The van der Waals surface area contributed by atoms with Crippen LogP contribution < -0.4 is 5.73 Å². The lowest BCUT2D eigenvalue weighted by Gasteiger charge is -2.04. The molecular weight excluding hydrogens is 158 g/mol. The van der Waals surface area contributed by atoms with Crippen molar-refractivity contribution in [3.8, 4) is 12.3 Å². The van der Waals surface area contributed by atoms with Crippen molar-refractivity contribution in [1.29, 1.82) is 0 Å². The monoisotopic (exact) mass is 173 g/mol. The van der Waals surface area contributed by atoms with Crippen molar-refractivity contribution in [2.24, 2.45) is 5.73 Å². The molecule has 1 nitrogen and oxygen atoms in total. The van der Waals surface area contributed by atoms with Crippen LogP contribution >= 0.6 is 0 Å².